The fourth-order valence-electron chi connectivity index (χ4n) is 1.74. The Morgan fingerprint density at radius 2 is 2.20 bits per heavy atom. The van der Waals surface area contributed by atoms with E-state index in [9.17, 15) is 4.79 Å². The van der Waals surface area contributed by atoms with Crippen molar-refractivity contribution in [2.45, 2.75) is 12.1 Å². The third-order valence-corrected chi connectivity index (χ3v) is 3.67. The molecular formula is C13H17ClN2O3S. The molecule has 0 saturated heterocycles. The number of carbonyl (C=O) groups excluding carboxylic acids is 1. The molecule has 7 heteroatoms. The van der Waals surface area contributed by atoms with Crippen LogP contribution in [0.2, 0.25) is 0 Å². The molecule has 5 nitrogen and oxygen atoms in total. The van der Waals surface area contributed by atoms with Crippen molar-refractivity contribution in [2.24, 2.45) is 7.05 Å². The SMILES string of the molecule is CCOC(=O)CSc1nc2cc(OC)ccc2n1C.Cl. The fraction of sp³-hybridized carbons (Fsp3) is 0.385. The van der Waals surface area contributed by atoms with Crippen LogP contribution in [0, 0.1) is 0 Å². The van der Waals surface area contributed by atoms with Crippen molar-refractivity contribution in [3.05, 3.63) is 18.2 Å². The van der Waals surface area contributed by atoms with Gasteiger partial charge in [-0.25, -0.2) is 4.98 Å². The summed E-state index contributed by atoms with van der Waals surface area (Å²) in [7, 11) is 3.55. The van der Waals surface area contributed by atoms with Gasteiger partial charge >= 0.3 is 5.97 Å². The van der Waals surface area contributed by atoms with Gasteiger partial charge in [0.2, 0.25) is 0 Å². The van der Waals surface area contributed by atoms with Crippen LogP contribution in [0.15, 0.2) is 23.4 Å². The van der Waals surface area contributed by atoms with Gasteiger partial charge in [-0.15, -0.1) is 12.4 Å². The van der Waals surface area contributed by atoms with Crippen LogP contribution < -0.4 is 4.74 Å². The minimum absolute atomic E-state index is 0. The van der Waals surface area contributed by atoms with Crippen molar-refractivity contribution in [3.63, 3.8) is 0 Å². The van der Waals surface area contributed by atoms with Gasteiger partial charge in [-0.1, -0.05) is 11.8 Å². The summed E-state index contributed by atoms with van der Waals surface area (Å²) < 4.78 is 12.0. The van der Waals surface area contributed by atoms with E-state index >= 15 is 0 Å². The summed E-state index contributed by atoms with van der Waals surface area (Å²) in [5.74, 6) is 0.812. The second-order valence-corrected chi connectivity index (χ2v) is 4.84. The van der Waals surface area contributed by atoms with Crippen molar-refractivity contribution in [1.29, 1.82) is 0 Å². The number of imidazole rings is 1. The number of esters is 1. The standard InChI is InChI=1S/C13H16N2O3S.ClH/c1-4-18-12(16)8-19-13-14-10-7-9(17-3)5-6-11(10)15(13)2;/h5-7H,4,8H2,1-3H3;1H. The van der Waals surface area contributed by atoms with Gasteiger partial charge in [0.05, 0.1) is 30.5 Å². The van der Waals surface area contributed by atoms with E-state index in [1.807, 2.05) is 29.8 Å². The lowest BCUT2D eigenvalue weighted by Gasteiger charge is -2.02. The molecule has 110 valence electrons. The predicted octanol–water partition coefficient (Wildman–Crippen LogP) is 2.66. The number of hydrogen-bond acceptors (Lipinski definition) is 5. The number of rotatable bonds is 5. The fourth-order valence-corrected chi connectivity index (χ4v) is 2.52. The van der Waals surface area contributed by atoms with Gasteiger partial charge in [-0.3, -0.25) is 4.79 Å². The van der Waals surface area contributed by atoms with Gasteiger partial charge in [0.25, 0.3) is 0 Å². The van der Waals surface area contributed by atoms with E-state index < -0.39 is 0 Å². The summed E-state index contributed by atoms with van der Waals surface area (Å²) >= 11 is 1.37. The zero-order chi connectivity index (χ0) is 13.8. The molecule has 0 aliphatic heterocycles. The summed E-state index contributed by atoms with van der Waals surface area (Å²) in [6, 6.07) is 5.73. The topological polar surface area (TPSA) is 53.4 Å². The van der Waals surface area contributed by atoms with Crippen LogP contribution in [0.25, 0.3) is 11.0 Å². The molecule has 0 aliphatic carbocycles. The molecule has 0 N–H and O–H groups in total. The second kappa shape index (κ2) is 7.40. The van der Waals surface area contributed by atoms with Crippen LogP contribution in [0.1, 0.15) is 6.92 Å². The lowest BCUT2D eigenvalue weighted by atomic mass is 10.3. The molecule has 1 heterocycles. The van der Waals surface area contributed by atoms with Crippen molar-refractivity contribution in [1.82, 2.24) is 9.55 Å². The molecule has 1 aromatic heterocycles. The Bertz CT molecular complexity index is 601. The molecule has 1 aromatic carbocycles. The Kier molecular flexibility index (Phi) is 6.16. The van der Waals surface area contributed by atoms with Crippen LogP contribution >= 0.6 is 24.2 Å². The highest BCUT2D eigenvalue weighted by molar-refractivity contribution is 7.99. The number of benzene rings is 1. The van der Waals surface area contributed by atoms with Gasteiger partial charge in [-0.2, -0.15) is 0 Å². The lowest BCUT2D eigenvalue weighted by molar-refractivity contribution is -0.139. The molecule has 2 rings (SSSR count). The highest BCUT2D eigenvalue weighted by atomic mass is 35.5. The summed E-state index contributed by atoms with van der Waals surface area (Å²) in [4.78, 5) is 15.8. The molecule has 0 spiro atoms. The number of methoxy groups -OCH3 is 1. The zero-order valence-electron chi connectivity index (χ0n) is 11.6. The van der Waals surface area contributed by atoms with E-state index in [0.717, 1.165) is 21.9 Å². The first-order valence-electron chi connectivity index (χ1n) is 5.94. The average Bonchev–Trinajstić information content (AvgIpc) is 2.73. The third kappa shape index (κ3) is 3.58. The first-order chi connectivity index (χ1) is 9.15. The van der Waals surface area contributed by atoms with Crippen LogP contribution in [0.3, 0.4) is 0 Å². The minimum Gasteiger partial charge on any atom is -0.497 e. The molecule has 0 bridgehead atoms. The van der Waals surface area contributed by atoms with Crippen molar-refractivity contribution < 1.29 is 14.3 Å². The number of fused-ring (bicyclic) bond motifs is 1. The summed E-state index contributed by atoms with van der Waals surface area (Å²) in [6.07, 6.45) is 0. The minimum atomic E-state index is -0.225. The monoisotopic (exact) mass is 316 g/mol. The van der Waals surface area contributed by atoms with Crippen molar-refractivity contribution in [2.75, 3.05) is 19.5 Å². The average molecular weight is 317 g/mol. The Labute approximate surface area is 128 Å². The summed E-state index contributed by atoms with van der Waals surface area (Å²) in [5, 5.41) is 0.788. The molecule has 0 unspecified atom stereocenters. The van der Waals surface area contributed by atoms with Gasteiger partial charge < -0.3 is 14.0 Å². The van der Waals surface area contributed by atoms with Crippen LogP contribution in [0.5, 0.6) is 5.75 Å². The molecule has 2 aromatic rings. The Morgan fingerprint density at radius 1 is 1.45 bits per heavy atom. The normalized spacial score (nSPS) is 10.2. The summed E-state index contributed by atoms with van der Waals surface area (Å²) in [5.41, 5.74) is 1.86. The Hall–Kier alpha value is -1.40. The van der Waals surface area contributed by atoms with E-state index in [-0.39, 0.29) is 24.1 Å². The Balaban J connectivity index is 0.00000200. The smallest absolute Gasteiger partial charge is 0.316 e. The number of carbonyl (C=O) groups is 1. The molecule has 0 fully saturated rings. The van der Waals surface area contributed by atoms with E-state index in [0.29, 0.717) is 6.61 Å². The molecule has 0 aliphatic rings. The number of hydrogen-bond donors (Lipinski definition) is 0. The first-order valence-corrected chi connectivity index (χ1v) is 6.93. The van der Waals surface area contributed by atoms with Crippen LogP contribution in [-0.4, -0.2) is 35.0 Å². The molecule has 0 amide bonds. The number of ether oxygens (including phenoxy) is 2. The first kappa shape index (κ1) is 16.7. The van der Waals surface area contributed by atoms with Gasteiger partial charge in [-0.05, 0) is 19.1 Å². The lowest BCUT2D eigenvalue weighted by Crippen LogP contribution is -2.07. The van der Waals surface area contributed by atoms with E-state index in [2.05, 4.69) is 4.98 Å². The maximum atomic E-state index is 11.3. The zero-order valence-corrected chi connectivity index (χ0v) is 13.2. The maximum Gasteiger partial charge on any atom is 0.316 e. The number of thioether (sulfide) groups is 1. The highest BCUT2D eigenvalue weighted by Crippen LogP contribution is 2.25. The second-order valence-electron chi connectivity index (χ2n) is 3.90. The molecule has 0 radical (unpaired) electrons. The quantitative estimate of drug-likeness (QED) is 0.627. The number of aromatic nitrogens is 2. The molecule has 0 saturated carbocycles. The Morgan fingerprint density at radius 3 is 2.85 bits per heavy atom. The van der Waals surface area contributed by atoms with Crippen LogP contribution in [-0.2, 0) is 16.6 Å². The van der Waals surface area contributed by atoms with Crippen molar-refractivity contribution >= 4 is 41.2 Å². The van der Waals surface area contributed by atoms with E-state index in [1.165, 1.54) is 11.8 Å². The highest BCUT2D eigenvalue weighted by Gasteiger charge is 2.11. The van der Waals surface area contributed by atoms with Gasteiger partial charge in [0, 0.05) is 13.1 Å². The number of nitrogens with zero attached hydrogens (tertiary/aromatic N) is 2. The van der Waals surface area contributed by atoms with Crippen LogP contribution in [0.4, 0.5) is 0 Å². The number of halogens is 1. The molecular weight excluding hydrogens is 300 g/mol. The number of aryl methyl sites for hydroxylation is 1. The van der Waals surface area contributed by atoms with Crippen molar-refractivity contribution in [3.8, 4) is 5.75 Å². The summed E-state index contributed by atoms with van der Waals surface area (Å²) in [6.45, 7) is 2.20. The predicted molar refractivity (Wildman–Crippen MR) is 81.9 cm³/mol. The third-order valence-electron chi connectivity index (χ3n) is 2.67. The molecule has 0 atom stereocenters. The van der Waals surface area contributed by atoms with E-state index in [1.54, 1.807) is 14.0 Å². The van der Waals surface area contributed by atoms with Gasteiger partial charge in [0.1, 0.15) is 5.75 Å². The largest absolute Gasteiger partial charge is 0.497 e. The maximum absolute atomic E-state index is 11.3. The molecule has 20 heavy (non-hydrogen) atoms. The van der Waals surface area contributed by atoms with E-state index in [4.69, 9.17) is 9.47 Å². The van der Waals surface area contributed by atoms with Gasteiger partial charge in [0.15, 0.2) is 5.16 Å².